The molecule has 26 heavy (non-hydrogen) atoms. The average Bonchev–Trinajstić information content (AvgIpc) is 3.38. The van der Waals surface area contributed by atoms with Crippen molar-refractivity contribution in [2.75, 3.05) is 26.4 Å². The predicted octanol–water partition coefficient (Wildman–Crippen LogP) is 3.21. The number of amides is 2. The highest BCUT2D eigenvalue weighted by atomic mass is 35.5. The minimum absolute atomic E-state index is 0.136. The number of benzene rings is 1. The van der Waals surface area contributed by atoms with Crippen molar-refractivity contribution < 1.29 is 19.1 Å². The third-order valence-corrected chi connectivity index (χ3v) is 5.23. The first-order chi connectivity index (χ1) is 12.4. The normalized spacial score (nSPS) is 16.4. The van der Waals surface area contributed by atoms with Crippen molar-refractivity contribution in [2.24, 2.45) is 5.92 Å². The van der Waals surface area contributed by atoms with Gasteiger partial charge in [-0.05, 0) is 37.8 Å². The summed E-state index contributed by atoms with van der Waals surface area (Å²) in [6.45, 7) is 3.41. The van der Waals surface area contributed by atoms with Gasteiger partial charge in [-0.15, -0.1) is 0 Å². The fourth-order valence-corrected chi connectivity index (χ4v) is 3.31. The van der Waals surface area contributed by atoms with Crippen LogP contribution in [0.15, 0.2) is 12.1 Å². The molecule has 1 saturated carbocycles. The van der Waals surface area contributed by atoms with Gasteiger partial charge in [-0.25, -0.2) is 0 Å². The molecule has 1 aromatic carbocycles. The molecule has 0 spiro atoms. The summed E-state index contributed by atoms with van der Waals surface area (Å²) in [5.41, 5.74) is 0.530. The van der Waals surface area contributed by atoms with E-state index >= 15 is 0 Å². The van der Waals surface area contributed by atoms with Crippen molar-refractivity contribution in [3.63, 3.8) is 0 Å². The smallest absolute Gasteiger partial charge is 0.307 e. The summed E-state index contributed by atoms with van der Waals surface area (Å²) in [5, 5.41) is 0.483. The number of carbonyl (C=O) groups is 3. The Morgan fingerprint density at radius 3 is 2.27 bits per heavy atom. The van der Waals surface area contributed by atoms with E-state index in [4.69, 9.17) is 27.9 Å². The maximum Gasteiger partial charge on any atom is 0.307 e. The summed E-state index contributed by atoms with van der Waals surface area (Å²) in [4.78, 5) is 40.1. The van der Waals surface area contributed by atoms with Gasteiger partial charge in [-0.1, -0.05) is 23.2 Å². The molecule has 0 N–H and O–H groups in total. The Hall–Kier alpha value is -1.63. The third kappa shape index (κ3) is 4.19. The van der Waals surface area contributed by atoms with Gasteiger partial charge < -0.3 is 4.74 Å². The van der Waals surface area contributed by atoms with Crippen LogP contribution >= 0.6 is 23.2 Å². The van der Waals surface area contributed by atoms with E-state index in [0.29, 0.717) is 19.1 Å². The molecule has 8 heteroatoms. The molecule has 0 unspecified atom stereocenters. The molecule has 2 amide bonds. The Balaban J connectivity index is 1.71. The van der Waals surface area contributed by atoms with Crippen LogP contribution in [0.4, 0.5) is 0 Å². The molecule has 0 bridgehead atoms. The summed E-state index contributed by atoms with van der Waals surface area (Å²) >= 11 is 11.9. The fourth-order valence-electron chi connectivity index (χ4n) is 2.98. The first-order valence-electron chi connectivity index (χ1n) is 8.64. The molecule has 1 aromatic rings. The monoisotopic (exact) mass is 398 g/mol. The Morgan fingerprint density at radius 1 is 1.19 bits per heavy atom. The first-order valence-corrected chi connectivity index (χ1v) is 9.39. The van der Waals surface area contributed by atoms with Crippen molar-refractivity contribution in [3.05, 3.63) is 33.3 Å². The zero-order chi connectivity index (χ0) is 18.8. The molecular weight excluding hydrogens is 379 g/mol. The lowest BCUT2D eigenvalue weighted by molar-refractivity contribution is -0.143. The number of hydrogen-bond donors (Lipinski definition) is 0. The maximum absolute atomic E-state index is 12.6. The minimum atomic E-state index is -0.388. The van der Waals surface area contributed by atoms with Crippen LogP contribution in [0.25, 0.3) is 0 Å². The van der Waals surface area contributed by atoms with Crippen LogP contribution in [-0.4, -0.2) is 53.9 Å². The van der Waals surface area contributed by atoms with Crippen molar-refractivity contribution >= 4 is 41.0 Å². The second-order valence-corrected chi connectivity index (χ2v) is 7.38. The highest BCUT2D eigenvalue weighted by Gasteiger charge is 2.38. The summed E-state index contributed by atoms with van der Waals surface area (Å²) in [7, 11) is 0. The molecule has 0 aromatic heterocycles. The highest BCUT2D eigenvalue weighted by Crippen LogP contribution is 2.33. The largest absolute Gasteiger partial charge is 0.466 e. The van der Waals surface area contributed by atoms with Crippen LogP contribution in [0.1, 0.15) is 46.9 Å². The number of rotatable bonds is 8. The SMILES string of the molecule is CCOC(=O)CCN(CC1CC1)CN1C(=O)c2cc(Cl)c(Cl)cc2C1=O. The highest BCUT2D eigenvalue weighted by molar-refractivity contribution is 6.43. The van der Waals surface area contributed by atoms with Crippen molar-refractivity contribution in [1.82, 2.24) is 9.80 Å². The van der Waals surface area contributed by atoms with E-state index in [1.807, 2.05) is 4.90 Å². The number of nitrogens with zero attached hydrogens (tertiary/aromatic N) is 2. The number of imide groups is 1. The molecule has 0 atom stereocenters. The second kappa shape index (κ2) is 7.94. The molecule has 0 radical (unpaired) electrons. The zero-order valence-corrected chi connectivity index (χ0v) is 16.0. The predicted molar refractivity (Wildman–Crippen MR) is 97.4 cm³/mol. The van der Waals surface area contributed by atoms with Gasteiger partial charge in [0, 0.05) is 13.1 Å². The molecule has 6 nitrogen and oxygen atoms in total. The summed E-state index contributed by atoms with van der Waals surface area (Å²) in [6, 6.07) is 2.87. The maximum atomic E-state index is 12.6. The van der Waals surface area contributed by atoms with Gasteiger partial charge in [-0.3, -0.25) is 24.2 Å². The molecular formula is C18H20Cl2N2O4. The topological polar surface area (TPSA) is 66.9 Å². The van der Waals surface area contributed by atoms with E-state index in [-0.39, 0.29) is 52.0 Å². The van der Waals surface area contributed by atoms with Gasteiger partial charge in [0.2, 0.25) is 0 Å². The standard InChI is InChI=1S/C18H20Cl2N2O4/c1-2-26-16(23)5-6-21(9-11-3-4-11)10-22-17(24)12-7-14(19)15(20)8-13(12)18(22)25/h7-8,11H,2-6,9-10H2,1H3. The molecule has 2 aliphatic rings. The molecule has 3 rings (SSSR count). The molecule has 0 saturated heterocycles. The van der Waals surface area contributed by atoms with E-state index in [9.17, 15) is 14.4 Å². The first kappa shape index (κ1) is 19.1. The zero-order valence-electron chi connectivity index (χ0n) is 14.5. The van der Waals surface area contributed by atoms with Gasteiger partial charge in [-0.2, -0.15) is 0 Å². The van der Waals surface area contributed by atoms with Gasteiger partial charge in [0.1, 0.15) is 0 Å². The van der Waals surface area contributed by atoms with Crippen LogP contribution in [0, 0.1) is 5.92 Å². The van der Waals surface area contributed by atoms with Crippen molar-refractivity contribution in [3.8, 4) is 0 Å². The summed E-state index contributed by atoms with van der Waals surface area (Å²) in [6.07, 6.45) is 2.48. The van der Waals surface area contributed by atoms with Gasteiger partial charge >= 0.3 is 5.97 Å². The van der Waals surface area contributed by atoms with E-state index in [2.05, 4.69) is 0 Å². The number of esters is 1. The Morgan fingerprint density at radius 2 is 1.77 bits per heavy atom. The van der Waals surface area contributed by atoms with Gasteiger partial charge in [0.25, 0.3) is 11.8 Å². The summed E-state index contributed by atoms with van der Waals surface area (Å²) < 4.78 is 4.96. The van der Waals surface area contributed by atoms with Crippen LogP contribution in [-0.2, 0) is 9.53 Å². The minimum Gasteiger partial charge on any atom is -0.466 e. The molecule has 1 heterocycles. The van der Waals surface area contributed by atoms with Crippen LogP contribution < -0.4 is 0 Å². The molecule has 1 fully saturated rings. The van der Waals surface area contributed by atoms with Crippen LogP contribution in [0.2, 0.25) is 10.0 Å². The molecule has 1 aliphatic heterocycles. The Kier molecular flexibility index (Phi) is 5.85. The Labute approximate surface area is 162 Å². The number of fused-ring (bicyclic) bond motifs is 1. The van der Waals surface area contributed by atoms with Crippen LogP contribution in [0.5, 0.6) is 0 Å². The lowest BCUT2D eigenvalue weighted by Gasteiger charge is -2.26. The van der Waals surface area contributed by atoms with E-state index in [0.717, 1.165) is 19.4 Å². The summed E-state index contributed by atoms with van der Waals surface area (Å²) in [5.74, 6) is -0.508. The average molecular weight is 399 g/mol. The van der Waals surface area contributed by atoms with Gasteiger partial charge in [0.15, 0.2) is 0 Å². The lowest BCUT2D eigenvalue weighted by Crippen LogP contribution is -2.43. The van der Waals surface area contributed by atoms with E-state index in [1.54, 1.807) is 6.92 Å². The lowest BCUT2D eigenvalue weighted by atomic mass is 10.1. The molecule has 140 valence electrons. The van der Waals surface area contributed by atoms with Crippen molar-refractivity contribution in [1.29, 1.82) is 0 Å². The number of halogens is 2. The quantitative estimate of drug-likeness (QED) is 0.496. The third-order valence-electron chi connectivity index (χ3n) is 4.50. The van der Waals surface area contributed by atoms with E-state index < -0.39 is 0 Å². The second-order valence-electron chi connectivity index (χ2n) is 6.57. The number of hydrogen-bond acceptors (Lipinski definition) is 5. The number of carbonyl (C=O) groups excluding carboxylic acids is 3. The Bertz CT molecular complexity index is 708. The van der Waals surface area contributed by atoms with Crippen LogP contribution in [0.3, 0.4) is 0 Å². The number of ether oxygens (including phenoxy) is 1. The van der Waals surface area contributed by atoms with Gasteiger partial charge in [0.05, 0.1) is 40.9 Å². The fraction of sp³-hybridized carbons (Fsp3) is 0.500. The van der Waals surface area contributed by atoms with Crippen molar-refractivity contribution in [2.45, 2.75) is 26.2 Å². The van der Waals surface area contributed by atoms with E-state index in [1.165, 1.54) is 17.0 Å². The molecule has 1 aliphatic carbocycles.